The van der Waals surface area contributed by atoms with Gasteiger partial charge in [-0.15, -0.1) is 11.3 Å². The Morgan fingerprint density at radius 1 is 1.14 bits per heavy atom. The van der Waals surface area contributed by atoms with Crippen molar-refractivity contribution in [1.82, 2.24) is 0 Å². The second kappa shape index (κ2) is 8.26. The van der Waals surface area contributed by atoms with Gasteiger partial charge >= 0.3 is 11.6 Å². The number of methoxy groups -OCH3 is 1. The first-order valence-electron chi connectivity index (χ1n) is 8.69. The van der Waals surface area contributed by atoms with Crippen LogP contribution in [-0.2, 0) is 11.2 Å². The summed E-state index contributed by atoms with van der Waals surface area (Å²) in [6, 6.07) is 7.74. The van der Waals surface area contributed by atoms with Gasteiger partial charge in [-0.05, 0) is 31.5 Å². The standard InChI is InChI=1S/C20H19NO6S/c1-4-12-9-15(20(24)25-3)19(28-12)21-18(23)14-10-17(22)27-16-8-11(26-5-2)6-7-13(14)16/h6-10H,4-5H2,1-3H3,(H,21,23). The molecule has 0 aliphatic carbocycles. The average Bonchev–Trinajstić information content (AvgIpc) is 3.09. The third kappa shape index (κ3) is 3.91. The molecule has 0 unspecified atom stereocenters. The van der Waals surface area contributed by atoms with Crippen LogP contribution in [0.4, 0.5) is 5.00 Å². The second-order valence-electron chi connectivity index (χ2n) is 5.82. The Labute approximate surface area is 164 Å². The maximum Gasteiger partial charge on any atom is 0.340 e. The molecule has 2 aromatic heterocycles. The van der Waals surface area contributed by atoms with E-state index in [1.165, 1.54) is 18.4 Å². The van der Waals surface area contributed by atoms with Gasteiger partial charge in [-0.3, -0.25) is 4.79 Å². The van der Waals surface area contributed by atoms with E-state index in [4.69, 9.17) is 13.9 Å². The van der Waals surface area contributed by atoms with Crippen LogP contribution in [0.1, 0.15) is 39.4 Å². The van der Waals surface area contributed by atoms with E-state index >= 15 is 0 Å². The maximum absolute atomic E-state index is 12.9. The van der Waals surface area contributed by atoms with Crippen molar-refractivity contribution in [1.29, 1.82) is 0 Å². The number of ether oxygens (including phenoxy) is 2. The van der Waals surface area contributed by atoms with Crippen molar-refractivity contribution < 1.29 is 23.5 Å². The van der Waals surface area contributed by atoms with Crippen LogP contribution < -0.4 is 15.7 Å². The quantitative estimate of drug-likeness (QED) is 0.498. The Morgan fingerprint density at radius 3 is 2.61 bits per heavy atom. The summed E-state index contributed by atoms with van der Waals surface area (Å²) in [5.41, 5.74) is 0.0253. The van der Waals surface area contributed by atoms with Crippen molar-refractivity contribution in [2.24, 2.45) is 0 Å². The van der Waals surface area contributed by atoms with Crippen molar-refractivity contribution in [3.63, 3.8) is 0 Å². The van der Waals surface area contributed by atoms with Crippen LogP contribution in [0.5, 0.6) is 5.75 Å². The molecule has 1 amide bonds. The molecule has 2 heterocycles. The lowest BCUT2D eigenvalue weighted by Gasteiger charge is -2.09. The highest BCUT2D eigenvalue weighted by Gasteiger charge is 2.20. The highest BCUT2D eigenvalue weighted by Crippen LogP contribution is 2.30. The Hall–Kier alpha value is -3.13. The van der Waals surface area contributed by atoms with E-state index in [-0.39, 0.29) is 16.7 Å². The van der Waals surface area contributed by atoms with E-state index in [1.54, 1.807) is 24.3 Å². The number of thiophene rings is 1. The van der Waals surface area contributed by atoms with Gasteiger partial charge in [0.2, 0.25) is 0 Å². The van der Waals surface area contributed by atoms with Gasteiger partial charge in [0.05, 0.1) is 24.8 Å². The number of fused-ring (bicyclic) bond motifs is 1. The van der Waals surface area contributed by atoms with Gasteiger partial charge in [0, 0.05) is 22.4 Å². The van der Waals surface area contributed by atoms with Crippen LogP contribution in [0.3, 0.4) is 0 Å². The summed E-state index contributed by atoms with van der Waals surface area (Å²) in [5.74, 6) is -0.517. The zero-order chi connectivity index (χ0) is 20.3. The van der Waals surface area contributed by atoms with Gasteiger partial charge in [0.25, 0.3) is 5.91 Å². The third-order valence-corrected chi connectivity index (χ3v) is 5.23. The largest absolute Gasteiger partial charge is 0.494 e. The van der Waals surface area contributed by atoms with E-state index in [2.05, 4.69) is 5.32 Å². The van der Waals surface area contributed by atoms with Gasteiger partial charge < -0.3 is 19.2 Å². The molecule has 0 fully saturated rings. The minimum atomic E-state index is -0.653. The number of nitrogens with one attached hydrogen (secondary N) is 1. The summed E-state index contributed by atoms with van der Waals surface area (Å²) in [6.07, 6.45) is 0.711. The van der Waals surface area contributed by atoms with Crippen LogP contribution in [0.2, 0.25) is 0 Å². The predicted molar refractivity (Wildman–Crippen MR) is 107 cm³/mol. The Kier molecular flexibility index (Phi) is 5.79. The second-order valence-corrected chi connectivity index (χ2v) is 6.96. The SMILES string of the molecule is CCOc1ccc2c(C(=O)Nc3sc(CC)cc3C(=O)OC)cc(=O)oc2c1. The molecule has 0 saturated heterocycles. The molecule has 0 spiro atoms. The average molecular weight is 401 g/mol. The first kappa shape index (κ1) is 19.6. The number of carbonyl (C=O) groups excluding carboxylic acids is 2. The molecule has 0 atom stereocenters. The van der Waals surface area contributed by atoms with Gasteiger partial charge in [-0.2, -0.15) is 0 Å². The zero-order valence-electron chi connectivity index (χ0n) is 15.7. The van der Waals surface area contributed by atoms with E-state index in [0.29, 0.717) is 29.2 Å². The molecule has 0 aliphatic heterocycles. The predicted octanol–water partition coefficient (Wildman–Crippen LogP) is 3.85. The fourth-order valence-corrected chi connectivity index (χ4v) is 3.71. The fraction of sp³-hybridized carbons (Fsp3) is 0.250. The van der Waals surface area contributed by atoms with Gasteiger partial charge in [0.15, 0.2) is 0 Å². The van der Waals surface area contributed by atoms with Crippen LogP contribution in [0.15, 0.2) is 39.5 Å². The Bertz CT molecular complexity index is 1100. The van der Waals surface area contributed by atoms with Crippen LogP contribution in [-0.4, -0.2) is 25.6 Å². The number of anilines is 1. The topological polar surface area (TPSA) is 94.8 Å². The number of carbonyl (C=O) groups is 2. The molecule has 7 nitrogen and oxygen atoms in total. The minimum absolute atomic E-state index is 0.150. The molecule has 0 radical (unpaired) electrons. The molecule has 0 aliphatic rings. The maximum atomic E-state index is 12.9. The number of hydrogen-bond acceptors (Lipinski definition) is 7. The number of rotatable bonds is 6. The summed E-state index contributed by atoms with van der Waals surface area (Å²) >= 11 is 1.29. The molecule has 1 aromatic carbocycles. The van der Waals surface area contributed by atoms with E-state index in [9.17, 15) is 14.4 Å². The monoisotopic (exact) mass is 401 g/mol. The highest BCUT2D eigenvalue weighted by atomic mass is 32.1. The number of hydrogen-bond donors (Lipinski definition) is 1. The normalized spacial score (nSPS) is 10.7. The van der Waals surface area contributed by atoms with Crippen molar-refractivity contribution in [2.45, 2.75) is 20.3 Å². The van der Waals surface area contributed by atoms with Crippen LogP contribution in [0.25, 0.3) is 11.0 Å². The number of esters is 1. The summed E-state index contributed by atoms with van der Waals surface area (Å²) in [7, 11) is 1.28. The van der Waals surface area contributed by atoms with Crippen LogP contribution in [0, 0.1) is 0 Å². The molecular weight excluding hydrogens is 382 g/mol. The van der Waals surface area contributed by atoms with Crippen molar-refractivity contribution in [3.05, 3.63) is 56.8 Å². The first-order chi connectivity index (χ1) is 13.5. The number of benzene rings is 1. The van der Waals surface area contributed by atoms with Gasteiger partial charge in [0.1, 0.15) is 16.3 Å². The van der Waals surface area contributed by atoms with Gasteiger partial charge in [-0.1, -0.05) is 6.92 Å². The molecule has 0 saturated carbocycles. The zero-order valence-corrected chi connectivity index (χ0v) is 16.5. The van der Waals surface area contributed by atoms with Crippen LogP contribution >= 0.6 is 11.3 Å². The minimum Gasteiger partial charge on any atom is -0.494 e. The van der Waals surface area contributed by atoms with Crippen molar-refractivity contribution >= 4 is 39.2 Å². The molecule has 3 aromatic rings. The highest BCUT2D eigenvalue weighted by molar-refractivity contribution is 7.16. The van der Waals surface area contributed by atoms with Crippen molar-refractivity contribution in [2.75, 3.05) is 19.0 Å². The summed E-state index contributed by atoms with van der Waals surface area (Å²) in [5, 5.41) is 3.56. The lowest BCUT2D eigenvalue weighted by Crippen LogP contribution is -2.16. The summed E-state index contributed by atoms with van der Waals surface area (Å²) < 4.78 is 15.4. The Morgan fingerprint density at radius 2 is 1.93 bits per heavy atom. The molecule has 1 N–H and O–H groups in total. The molecular formula is C20H19NO6S. The lowest BCUT2D eigenvalue weighted by atomic mass is 10.1. The lowest BCUT2D eigenvalue weighted by molar-refractivity contribution is 0.0602. The number of aryl methyl sites for hydroxylation is 1. The molecule has 8 heteroatoms. The molecule has 28 heavy (non-hydrogen) atoms. The fourth-order valence-electron chi connectivity index (χ4n) is 2.73. The molecule has 0 bridgehead atoms. The van der Waals surface area contributed by atoms with E-state index in [0.717, 1.165) is 10.9 Å². The number of amides is 1. The summed E-state index contributed by atoms with van der Waals surface area (Å²) in [4.78, 5) is 37.8. The first-order valence-corrected chi connectivity index (χ1v) is 9.51. The summed E-state index contributed by atoms with van der Waals surface area (Å²) in [6.45, 7) is 4.25. The van der Waals surface area contributed by atoms with E-state index in [1.807, 2.05) is 13.8 Å². The smallest absolute Gasteiger partial charge is 0.340 e. The Balaban J connectivity index is 2.01. The molecule has 146 valence electrons. The molecule has 3 rings (SSSR count). The third-order valence-electron chi connectivity index (χ3n) is 4.04. The van der Waals surface area contributed by atoms with E-state index < -0.39 is 17.5 Å². The van der Waals surface area contributed by atoms with Gasteiger partial charge in [-0.25, -0.2) is 9.59 Å². The van der Waals surface area contributed by atoms with Crippen molar-refractivity contribution in [3.8, 4) is 5.75 Å².